The summed E-state index contributed by atoms with van der Waals surface area (Å²) in [5, 5.41) is 0. The van der Waals surface area contributed by atoms with E-state index in [-0.39, 0.29) is 0 Å². The third-order valence-electron chi connectivity index (χ3n) is 7.77. The minimum absolute atomic E-state index is 0.719. The van der Waals surface area contributed by atoms with Crippen LogP contribution in [0.2, 0.25) is 0 Å². The summed E-state index contributed by atoms with van der Waals surface area (Å²) >= 11 is 3.68. The maximum absolute atomic E-state index is 3.68. The molecule has 0 aliphatic heterocycles. The van der Waals surface area contributed by atoms with Crippen LogP contribution in [0, 0.1) is 0 Å². The quantitative estimate of drug-likeness (QED) is 0.200. The van der Waals surface area contributed by atoms with Gasteiger partial charge in [0.05, 0.1) is 0 Å². The SMILES string of the molecule is Brc1ccccc1-c1ccc(-c2ccc(N(c3ccccc3)c3ccc(C4CCCCC4)cc3)cc2)cc1. The van der Waals surface area contributed by atoms with Gasteiger partial charge in [-0.15, -0.1) is 0 Å². The van der Waals surface area contributed by atoms with E-state index in [0.29, 0.717) is 0 Å². The van der Waals surface area contributed by atoms with Crippen LogP contribution in [-0.4, -0.2) is 0 Å². The Hall–Kier alpha value is -3.62. The van der Waals surface area contributed by atoms with Crippen molar-refractivity contribution in [2.75, 3.05) is 4.90 Å². The Morgan fingerprint density at radius 2 is 0.974 bits per heavy atom. The van der Waals surface area contributed by atoms with Gasteiger partial charge in [0.25, 0.3) is 0 Å². The lowest BCUT2D eigenvalue weighted by Gasteiger charge is -2.27. The van der Waals surface area contributed by atoms with Crippen molar-refractivity contribution in [3.63, 3.8) is 0 Å². The first kappa shape index (κ1) is 24.7. The first-order valence-corrected chi connectivity index (χ1v) is 14.5. The Morgan fingerprint density at radius 1 is 0.474 bits per heavy atom. The molecular weight excluding hydrogens is 526 g/mol. The van der Waals surface area contributed by atoms with Gasteiger partial charge in [0.1, 0.15) is 0 Å². The number of nitrogens with zero attached hydrogens (tertiary/aromatic N) is 1. The molecule has 0 saturated heterocycles. The van der Waals surface area contributed by atoms with E-state index in [1.807, 2.05) is 6.07 Å². The summed E-state index contributed by atoms with van der Waals surface area (Å²) in [6.45, 7) is 0. The van der Waals surface area contributed by atoms with Crippen LogP contribution in [0.4, 0.5) is 17.1 Å². The zero-order valence-corrected chi connectivity index (χ0v) is 23.1. The molecule has 0 spiro atoms. The van der Waals surface area contributed by atoms with Crippen molar-refractivity contribution < 1.29 is 0 Å². The standard InChI is InChI=1S/C36H32BrN/c37-36-14-8-7-13-35(36)31-17-15-28(16-18-31)30-21-25-34(26-22-30)38(32-11-5-2-6-12-32)33-23-19-29(20-24-33)27-9-3-1-4-10-27/h2,5-8,11-27H,1,3-4,9-10H2. The Labute approximate surface area is 234 Å². The molecule has 0 N–H and O–H groups in total. The maximum Gasteiger partial charge on any atom is 0.0462 e. The summed E-state index contributed by atoms with van der Waals surface area (Å²) in [6, 6.07) is 46.1. The fraction of sp³-hybridized carbons (Fsp3) is 0.167. The van der Waals surface area contributed by atoms with Crippen LogP contribution in [0.25, 0.3) is 22.3 Å². The van der Waals surface area contributed by atoms with E-state index in [1.165, 1.54) is 71.3 Å². The number of halogens is 1. The predicted molar refractivity (Wildman–Crippen MR) is 166 cm³/mol. The van der Waals surface area contributed by atoms with E-state index in [4.69, 9.17) is 0 Å². The van der Waals surface area contributed by atoms with Gasteiger partial charge in [-0.2, -0.15) is 0 Å². The average Bonchev–Trinajstić information content (AvgIpc) is 2.99. The van der Waals surface area contributed by atoms with Crippen molar-refractivity contribution in [3.05, 3.63) is 137 Å². The molecule has 5 aromatic rings. The molecule has 5 aromatic carbocycles. The Kier molecular flexibility index (Phi) is 7.42. The van der Waals surface area contributed by atoms with Crippen molar-refractivity contribution in [1.82, 2.24) is 0 Å². The fourth-order valence-electron chi connectivity index (χ4n) is 5.70. The van der Waals surface area contributed by atoms with Crippen LogP contribution in [0.5, 0.6) is 0 Å². The normalized spacial score (nSPS) is 13.8. The molecule has 1 nitrogen and oxygen atoms in total. The van der Waals surface area contributed by atoms with Crippen LogP contribution in [0.15, 0.2) is 132 Å². The van der Waals surface area contributed by atoms with E-state index < -0.39 is 0 Å². The smallest absolute Gasteiger partial charge is 0.0462 e. The molecule has 188 valence electrons. The third-order valence-corrected chi connectivity index (χ3v) is 8.46. The molecule has 0 radical (unpaired) electrons. The second-order valence-electron chi connectivity index (χ2n) is 10.2. The Morgan fingerprint density at radius 3 is 1.61 bits per heavy atom. The first-order valence-electron chi connectivity index (χ1n) is 13.7. The summed E-state index contributed by atoms with van der Waals surface area (Å²) < 4.78 is 1.12. The lowest BCUT2D eigenvalue weighted by molar-refractivity contribution is 0.443. The van der Waals surface area contributed by atoms with Crippen LogP contribution in [-0.2, 0) is 0 Å². The Balaban J connectivity index is 1.28. The largest absolute Gasteiger partial charge is 0.311 e. The zero-order valence-electron chi connectivity index (χ0n) is 21.6. The monoisotopic (exact) mass is 557 g/mol. The van der Waals surface area contributed by atoms with Crippen molar-refractivity contribution in [2.24, 2.45) is 0 Å². The molecule has 0 unspecified atom stereocenters. The third kappa shape index (κ3) is 5.33. The van der Waals surface area contributed by atoms with Gasteiger partial charge in [-0.05, 0) is 89.0 Å². The molecule has 1 aliphatic rings. The maximum atomic E-state index is 3.68. The van der Waals surface area contributed by atoms with E-state index in [9.17, 15) is 0 Å². The van der Waals surface area contributed by atoms with Gasteiger partial charge >= 0.3 is 0 Å². The van der Waals surface area contributed by atoms with E-state index in [2.05, 4.69) is 142 Å². The lowest BCUT2D eigenvalue weighted by atomic mass is 9.84. The molecule has 0 heterocycles. The molecule has 0 aromatic heterocycles. The molecule has 1 fully saturated rings. The number of anilines is 3. The van der Waals surface area contributed by atoms with Gasteiger partial charge in [-0.1, -0.05) is 120 Å². The van der Waals surface area contributed by atoms with Gasteiger partial charge in [-0.3, -0.25) is 0 Å². The summed E-state index contributed by atoms with van der Waals surface area (Å²) in [4.78, 5) is 2.35. The van der Waals surface area contributed by atoms with Crippen LogP contribution in [0.3, 0.4) is 0 Å². The summed E-state index contributed by atoms with van der Waals surface area (Å²) in [6.07, 6.45) is 6.77. The van der Waals surface area contributed by atoms with Crippen LogP contribution >= 0.6 is 15.9 Å². The molecular formula is C36H32BrN. The zero-order chi connectivity index (χ0) is 25.7. The Bertz CT molecular complexity index is 1470. The molecule has 0 bridgehead atoms. The topological polar surface area (TPSA) is 3.24 Å². The van der Waals surface area contributed by atoms with Gasteiger partial charge < -0.3 is 4.90 Å². The predicted octanol–water partition coefficient (Wildman–Crippen LogP) is 11.3. The second-order valence-corrected chi connectivity index (χ2v) is 11.1. The fourth-order valence-corrected chi connectivity index (χ4v) is 6.21. The van der Waals surface area contributed by atoms with Crippen molar-refractivity contribution in [1.29, 1.82) is 0 Å². The number of hydrogen-bond acceptors (Lipinski definition) is 1. The molecule has 0 atom stereocenters. The number of hydrogen-bond donors (Lipinski definition) is 0. The highest BCUT2D eigenvalue weighted by Crippen LogP contribution is 2.38. The molecule has 2 heteroatoms. The summed E-state index contributed by atoms with van der Waals surface area (Å²) in [7, 11) is 0. The molecule has 6 rings (SSSR count). The van der Waals surface area contributed by atoms with Crippen LogP contribution < -0.4 is 4.90 Å². The average molecular weight is 559 g/mol. The highest BCUT2D eigenvalue weighted by Gasteiger charge is 2.17. The van der Waals surface area contributed by atoms with Gasteiger partial charge in [0.2, 0.25) is 0 Å². The molecule has 1 aliphatic carbocycles. The highest BCUT2D eigenvalue weighted by molar-refractivity contribution is 9.10. The molecule has 1 saturated carbocycles. The van der Waals surface area contributed by atoms with Gasteiger partial charge in [0.15, 0.2) is 0 Å². The molecule has 0 amide bonds. The number of para-hydroxylation sites is 1. The van der Waals surface area contributed by atoms with E-state index >= 15 is 0 Å². The van der Waals surface area contributed by atoms with E-state index in [0.717, 1.165) is 16.1 Å². The minimum atomic E-state index is 0.719. The second kappa shape index (κ2) is 11.4. The summed E-state index contributed by atoms with van der Waals surface area (Å²) in [5.41, 5.74) is 9.87. The van der Waals surface area contributed by atoms with Crippen LogP contribution in [0.1, 0.15) is 43.6 Å². The van der Waals surface area contributed by atoms with Crippen molar-refractivity contribution >= 4 is 33.0 Å². The van der Waals surface area contributed by atoms with E-state index in [1.54, 1.807) is 0 Å². The molecule has 38 heavy (non-hydrogen) atoms. The van der Waals surface area contributed by atoms with Crippen molar-refractivity contribution in [2.45, 2.75) is 38.0 Å². The van der Waals surface area contributed by atoms with Gasteiger partial charge in [0, 0.05) is 21.5 Å². The minimum Gasteiger partial charge on any atom is -0.311 e. The number of benzene rings is 5. The van der Waals surface area contributed by atoms with Crippen molar-refractivity contribution in [3.8, 4) is 22.3 Å². The lowest BCUT2D eigenvalue weighted by Crippen LogP contribution is -2.10. The summed E-state index contributed by atoms with van der Waals surface area (Å²) in [5.74, 6) is 0.719. The first-order chi connectivity index (χ1) is 18.8. The number of rotatable bonds is 6. The highest BCUT2D eigenvalue weighted by atomic mass is 79.9. The van der Waals surface area contributed by atoms with Gasteiger partial charge in [-0.25, -0.2) is 0 Å².